The predicted molar refractivity (Wildman–Crippen MR) is 140 cm³/mol. The zero-order chi connectivity index (χ0) is 24.4. The fraction of sp³-hybridized carbons (Fsp3) is 0.308. The number of nitrogens with zero attached hydrogens (tertiary/aromatic N) is 4. The number of rotatable bonds is 5. The summed E-state index contributed by atoms with van der Waals surface area (Å²) < 4.78 is 5.32. The molecule has 2 heterocycles. The molecular weight excluding hydrogens is 460 g/mol. The van der Waals surface area contributed by atoms with Gasteiger partial charge in [0.15, 0.2) is 0 Å². The fourth-order valence-corrected chi connectivity index (χ4v) is 5.82. The summed E-state index contributed by atoms with van der Waals surface area (Å²) in [6.45, 7) is 2.10. The number of carbonyl (C=O) groups is 1. The van der Waals surface area contributed by atoms with Crippen molar-refractivity contribution in [3.63, 3.8) is 0 Å². The lowest BCUT2D eigenvalue weighted by Gasteiger charge is -2.45. The molecule has 180 valence electrons. The second-order valence-electron chi connectivity index (χ2n) is 8.65. The van der Waals surface area contributed by atoms with E-state index in [0.29, 0.717) is 23.1 Å². The van der Waals surface area contributed by atoms with Crippen LogP contribution < -0.4 is 16.4 Å². The minimum Gasteiger partial charge on any atom is -0.462 e. The van der Waals surface area contributed by atoms with E-state index in [-0.39, 0.29) is 11.9 Å². The molecule has 0 amide bonds. The molecule has 2 aliphatic rings. The Balaban J connectivity index is 1.57. The van der Waals surface area contributed by atoms with Crippen LogP contribution in [0, 0.1) is 0 Å². The van der Waals surface area contributed by atoms with Gasteiger partial charge >= 0.3 is 5.97 Å². The number of aromatic nitrogens is 1. The van der Waals surface area contributed by atoms with Gasteiger partial charge < -0.3 is 16.2 Å². The minimum atomic E-state index is -0.527. The molecule has 4 N–H and O–H groups in total. The Hall–Kier alpha value is -3.72. The number of ether oxygens (including phenoxy) is 1. The molecule has 8 nitrogen and oxygen atoms in total. The summed E-state index contributed by atoms with van der Waals surface area (Å²) in [6.07, 6.45) is 4.99. The third-order valence-electron chi connectivity index (χ3n) is 6.34. The number of carbonyl (C=O) groups excluding carboxylic acids is 1. The van der Waals surface area contributed by atoms with Crippen molar-refractivity contribution in [2.45, 2.75) is 44.7 Å². The Labute approximate surface area is 208 Å². The predicted octanol–water partition coefficient (Wildman–Crippen LogP) is 4.76. The Bertz CT molecular complexity index is 1290. The summed E-state index contributed by atoms with van der Waals surface area (Å²) in [5.41, 5.74) is 15.1. The van der Waals surface area contributed by atoms with E-state index in [2.05, 4.69) is 4.99 Å². The molecule has 1 spiro atoms. The Morgan fingerprint density at radius 3 is 2.54 bits per heavy atom. The van der Waals surface area contributed by atoms with Gasteiger partial charge in [-0.15, -0.1) is 11.3 Å². The van der Waals surface area contributed by atoms with Crippen LogP contribution in [0.1, 0.15) is 48.7 Å². The van der Waals surface area contributed by atoms with Crippen LogP contribution in [0.25, 0.3) is 21.8 Å². The van der Waals surface area contributed by atoms with Crippen molar-refractivity contribution >= 4 is 34.9 Å². The average molecular weight is 489 g/mol. The molecule has 0 saturated heterocycles. The maximum atomic E-state index is 12.8. The zero-order valence-corrected chi connectivity index (χ0v) is 20.4. The zero-order valence-electron chi connectivity index (χ0n) is 19.6. The molecule has 1 aromatic heterocycles. The lowest BCUT2D eigenvalue weighted by molar-refractivity contribution is 0.0532. The summed E-state index contributed by atoms with van der Waals surface area (Å²) in [5.74, 6) is 0.195. The molecule has 1 aliphatic carbocycles. The van der Waals surface area contributed by atoms with Gasteiger partial charge in [0.05, 0.1) is 12.3 Å². The van der Waals surface area contributed by atoms with Crippen LogP contribution in [0.15, 0.2) is 64.6 Å². The van der Waals surface area contributed by atoms with Crippen LogP contribution in [-0.4, -0.2) is 35.1 Å². The summed E-state index contributed by atoms with van der Waals surface area (Å²) >= 11 is 1.33. The monoisotopic (exact) mass is 488 g/mol. The molecule has 35 heavy (non-hydrogen) atoms. The SMILES string of the molecule is CCOC(=O)c1sc(-c2cccc(N3C(N)=NC(N)=NC34CCCCC4)c2)nc1-c1ccccc1. The van der Waals surface area contributed by atoms with Gasteiger partial charge in [-0.05, 0) is 44.7 Å². The molecule has 5 rings (SSSR count). The van der Waals surface area contributed by atoms with E-state index in [1.807, 2.05) is 59.5 Å². The molecule has 0 radical (unpaired) electrons. The summed E-state index contributed by atoms with van der Waals surface area (Å²) in [4.78, 5) is 29.1. The topological polar surface area (TPSA) is 119 Å². The average Bonchev–Trinajstić information content (AvgIpc) is 3.31. The van der Waals surface area contributed by atoms with Crippen molar-refractivity contribution in [2.24, 2.45) is 21.5 Å². The highest BCUT2D eigenvalue weighted by atomic mass is 32.1. The van der Waals surface area contributed by atoms with Crippen molar-refractivity contribution in [1.82, 2.24) is 4.98 Å². The van der Waals surface area contributed by atoms with Crippen molar-refractivity contribution < 1.29 is 9.53 Å². The van der Waals surface area contributed by atoms with Gasteiger partial charge in [0, 0.05) is 16.8 Å². The summed E-state index contributed by atoms with van der Waals surface area (Å²) in [7, 11) is 0. The first-order chi connectivity index (χ1) is 17.0. The Morgan fingerprint density at radius 1 is 1.06 bits per heavy atom. The van der Waals surface area contributed by atoms with E-state index in [0.717, 1.165) is 47.5 Å². The third-order valence-corrected chi connectivity index (χ3v) is 7.42. The smallest absolute Gasteiger partial charge is 0.350 e. The Kier molecular flexibility index (Phi) is 6.25. The summed E-state index contributed by atoms with van der Waals surface area (Å²) in [6, 6.07) is 17.6. The maximum absolute atomic E-state index is 12.8. The molecule has 0 bridgehead atoms. The molecule has 3 aromatic rings. The molecule has 1 saturated carbocycles. The highest BCUT2D eigenvalue weighted by Gasteiger charge is 2.42. The molecule has 0 unspecified atom stereocenters. The van der Waals surface area contributed by atoms with E-state index in [1.54, 1.807) is 6.92 Å². The molecule has 9 heteroatoms. The van der Waals surface area contributed by atoms with Gasteiger partial charge in [-0.3, -0.25) is 4.90 Å². The quantitative estimate of drug-likeness (QED) is 0.500. The van der Waals surface area contributed by atoms with E-state index in [9.17, 15) is 4.79 Å². The van der Waals surface area contributed by atoms with Gasteiger partial charge in [0.25, 0.3) is 0 Å². The molecule has 0 atom stereocenters. The third kappa shape index (κ3) is 4.39. The minimum absolute atomic E-state index is 0.225. The van der Waals surface area contributed by atoms with Gasteiger partial charge in [0.1, 0.15) is 15.5 Å². The largest absolute Gasteiger partial charge is 0.462 e. The number of guanidine groups is 2. The van der Waals surface area contributed by atoms with Crippen LogP contribution in [0.4, 0.5) is 5.69 Å². The highest BCUT2D eigenvalue weighted by molar-refractivity contribution is 7.17. The maximum Gasteiger partial charge on any atom is 0.350 e. The number of benzene rings is 2. The number of esters is 1. The molecule has 1 fully saturated rings. The standard InChI is InChI=1S/C26H28N6O2S/c1-2-34-23(33)21-20(17-10-5-3-6-11-17)29-22(35-21)18-12-9-13-19(16-18)32-25(28)30-24(27)31-26(32)14-7-4-8-15-26/h3,5-6,9-13,16H,2,4,7-8,14-15H2,1H3,(H4,27,28,30,31). The lowest BCUT2D eigenvalue weighted by Crippen LogP contribution is -2.58. The fourth-order valence-electron chi connectivity index (χ4n) is 4.84. The van der Waals surface area contributed by atoms with E-state index in [4.69, 9.17) is 26.2 Å². The number of aliphatic imine (C=N–C) groups is 2. The number of thiazole rings is 1. The summed E-state index contributed by atoms with van der Waals surface area (Å²) in [5, 5.41) is 0.724. The van der Waals surface area contributed by atoms with Crippen molar-refractivity contribution in [3.05, 3.63) is 59.5 Å². The number of hydrogen-bond donors (Lipinski definition) is 2. The van der Waals surface area contributed by atoms with Crippen LogP contribution in [0.5, 0.6) is 0 Å². The van der Waals surface area contributed by atoms with Crippen molar-refractivity contribution in [3.8, 4) is 21.8 Å². The lowest BCUT2D eigenvalue weighted by atomic mass is 9.87. The van der Waals surface area contributed by atoms with E-state index in [1.165, 1.54) is 17.8 Å². The second-order valence-corrected chi connectivity index (χ2v) is 9.65. The number of anilines is 1. The van der Waals surface area contributed by atoms with Crippen molar-refractivity contribution in [1.29, 1.82) is 0 Å². The second kappa shape index (κ2) is 9.50. The van der Waals surface area contributed by atoms with Crippen LogP contribution in [-0.2, 0) is 4.74 Å². The van der Waals surface area contributed by atoms with Crippen molar-refractivity contribution in [2.75, 3.05) is 11.5 Å². The first-order valence-corrected chi connectivity index (χ1v) is 12.7. The van der Waals surface area contributed by atoms with Crippen LogP contribution in [0.3, 0.4) is 0 Å². The van der Waals surface area contributed by atoms with E-state index < -0.39 is 5.66 Å². The van der Waals surface area contributed by atoms with Gasteiger partial charge in [-0.25, -0.2) is 14.8 Å². The van der Waals surface area contributed by atoms with Gasteiger partial charge in [-0.1, -0.05) is 48.9 Å². The first kappa shape index (κ1) is 23.0. The molecule has 1 aliphatic heterocycles. The molecule has 2 aromatic carbocycles. The molecular formula is C26H28N6O2S. The first-order valence-electron chi connectivity index (χ1n) is 11.8. The normalized spacial score (nSPS) is 17.1. The van der Waals surface area contributed by atoms with E-state index >= 15 is 0 Å². The van der Waals surface area contributed by atoms with Gasteiger partial charge in [0.2, 0.25) is 11.9 Å². The number of hydrogen-bond acceptors (Lipinski definition) is 9. The Morgan fingerprint density at radius 2 is 1.80 bits per heavy atom. The highest BCUT2D eigenvalue weighted by Crippen LogP contribution is 2.41. The number of nitrogens with two attached hydrogens (primary N) is 2. The van der Waals surface area contributed by atoms with Gasteiger partial charge in [-0.2, -0.15) is 4.99 Å². The van der Waals surface area contributed by atoms with Crippen LogP contribution in [0.2, 0.25) is 0 Å². The van der Waals surface area contributed by atoms with Crippen LogP contribution >= 0.6 is 11.3 Å².